The van der Waals surface area contributed by atoms with Gasteiger partial charge in [0.2, 0.25) is 0 Å². The molecule has 0 saturated carbocycles. The Balaban J connectivity index is 3.66. The summed E-state index contributed by atoms with van der Waals surface area (Å²) in [4.78, 5) is 0. The average molecular weight is 233 g/mol. The Bertz CT molecular complexity index is 148. The van der Waals surface area contributed by atoms with Crippen LogP contribution in [0.15, 0.2) is 0 Å². The molecule has 0 aliphatic rings. The van der Waals surface area contributed by atoms with E-state index in [1.54, 1.807) is 11.8 Å². The van der Waals surface area contributed by atoms with E-state index < -0.39 is 0 Å². The van der Waals surface area contributed by atoms with Crippen LogP contribution in [0.1, 0.15) is 58.8 Å². The summed E-state index contributed by atoms with van der Waals surface area (Å²) in [5.41, 5.74) is 5.56. The minimum absolute atomic E-state index is 0.614. The van der Waals surface area contributed by atoms with E-state index in [1.165, 1.54) is 44.9 Å². The molecule has 0 aromatic heterocycles. The Morgan fingerprint density at radius 2 is 1.71 bits per heavy atom. The third-order valence-corrected chi connectivity index (χ3v) is 3.62. The fraction of sp³-hybridized carbons (Fsp3) is 0.909. The Labute approximate surface area is 98.2 Å². The van der Waals surface area contributed by atoms with Gasteiger partial charge in [0.05, 0.1) is 0 Å². The van der Waals surface area contributed by atoms with Crippen molar-refractivity contribution in [2.24, 2.45) is 5.73 Å². The molecule has 0 aromatic carbocycles. The molecule has 14 heavy (non-hydrogen) atoms. The molecule has 84 valence electrons. The van der Waals surface area contributed by atoms with Gasteiger partial charge in [0.25, 0.3) is 0 Å². The van der Waals surface area contributed by atoms with Crippen LogP contribution < -0.4 is 5.73 Å². The summed E-state index contributed by atoms with van der Waals surface area (Å²) in [6.07, 6.45) is 9.05. The van der Waals surface area contributed by atoms with Crippen LogP contribution in [0.4, 0.5) is 0 Å². The molecule has 0 radical (unpaired) electrons. The van der Waals surface area contributed by atoms with Gasteiger partial charge >= 0.3 is 0 Å². The van der Waals surface area contributed by atoms with E-state index in [0.717, 1.165) is 0 Å². The molecule has 0 fully saturated rings. The second kappa shape index (κ2) is 9.78. The molecule has 1 atom stereocenters. The van der Waals surface area contributed by atoms with Gasteiger partial charge in [0, 0.05) is 5.25 Å². The van der Waals surface area contributed by atoms with Gasteiger partial charge in [-0.1, -0.05) is 69.9 Å². The van der Waals surface area contributed by atoms with Crippen molar-refractivity contribution in [1.29, 1.82) is 0 Å². The lowest BCUT2D eigenvalue weighted by Gasteiger charge is -2.14. The predicted molar refractivity (Wildman–Crippen MR) is 71.8 cm³/mol. The number of unbranched alkanes of at least 4 members (excludes halogenated alkanes) is 3. The van der Waals surface area contributed by atoms with Crippen LogP contribution in [0.2, 0.25) is 0 Å². The molecular weight excluding hydrogens is 210 g/mol. The summed E-state index contributed by atoms with van der Waals surface area (Å²) in [5.74, 6) is 0. The van der Waals surface area contributed by atoms with Gasteiger partial charge in [-0.05, 0) is 12.8 Å². The van der Waals surface area contributed by atoms with E-state index in [4.69, 9.17) is 18.0 Å². The summed E-state index contributed by atoms with van der Waals surface area (Å²) < 4.78 is 0.614. The molecular formula is C11H23NS2. The van der Waals surface area contributed by atoms with Gasteiger partial charge in [-0.25, -0.2) is 0 Å². The molecule has 0 heterocycles. The van der Waals surface area contributed by atoms with Crippen molar-refractivity contribution in [1.82, 2.24) is 0 Å². The fourth-order valence-corrected chi connectivity index (χ4v) is 2.79. The Kier molecular flexibility index (Phi) is 9.95. The van der Waals surface area contributed by atoms with E-state index in [1.807, 2.05) is 0 Å². The second-order valence-corrected chi connectivity index (χ2v) is 5.74. The first-order chi connectivity index (χ1) is 6.70. The van der Waals surface area contributed by atoms with Crippen molar-refractivity contribution in [3.05, 3.63) is 0 Å². The molecule has 0 rings (SSSR count). The quantitative estimate of drug-likeness (QED) is 0.505. The molecule has 1 nitrogen and oxygen atoms in total. The van der Waals surface area contributed by atoms with E-state index >= 15 is 0 Å². The minimum atomic E-state index is 0.614. The molecule has 0 aliphatic heterocycles. The molecule has 0 aromatic rings. The monoisotopic (exact) mass is 233 g/mol. The number of thiocarbonyl (C=S) groups is 1. The highest BCUT2D eigenvalue weighted by atomic mass is 32.2. The van der Waals surface area contributed by atoms with E-state index in [-0.39, 0.29) is 0 Å². The predicted octanol–water partition coefficient (Wildman–Crippen LogP) is 4.10. The highest BCUT2D eigenvalue weighted by Gasteiger charge is 2.09. The van der Waals surface area contributed by atoms with Crippen molar-refractivity contribution in [3.8, 4) is 0 Å². The molecule has 0 bridgehead atoms. The Morgan fingerprint density at radius 1 is 1.14 bits per heavy atom. The third-order valence-electron chi connectivity index (χ3n) is 2.29. The fourth-order valence-electron chi connectivity index (χ4n) is 1.48. The van der Waals surface area contributed by atoms with Crippen LogP contribution in [-0.2, 0) is 0 Å². The van der Waals surface area contributed by atoms with Crippen molar-refractivity contribution in [3.63, 3.8) is 0 Å². The van der Waals surface area contributed by atoms with Gasteiger partial charge in [0.15, 0.2) is 0 Å². The number of hydrogen-bond acceptors (Lipinski definition) is 2. The maximum absolute atomic E-state index is 5.56. The second-order valence-electron chi connectivity index (χ2n) is 3.70. The smallest absolute Gasteiger partial charge is 0.131 e. The first-order valence-electron chi connectivity index (χ1n) is 5.66. The lowest BCUT2D eigenvalue weighted by Crippen LogP contribution is -2.11. The Morgan fingerprint density at radius 3 is 2.21 bits per heavy atom. The summed E-state index contributed by atoms with van der Waals surface area (Å²) in [7, 11) is 0. The third kappa shape index (κ3) is 8.82. The topological polar surface area (TPSA) is 26.0 Å². The van der Waals surface area contributed by atoms with Gasteiger partial charge in [-0.2, -0.15) is 0 Å². The van der Waals surface area contributed by atoms with Crippen LogP contribution in [0, 0.1) is 0 Å². The van der Waals surface area contributed by atoms with Crippen LogP contribution in [0.5, 0.6) is 0 Å². The number of thioether (sulfide) groups is 1. The summed E-state index contributed by atoms with van der Waals surface area (Å²) in [5, 5.41) is 0.666. The highest BCUT2D eigenvalue weighted by Crippen LogP contribution is 2.23. The van der Waals surface area contributed by atoms with Crippen LogP contribution in [0.25, 0.3) is 0 Å². The van der Waals surface area contributed by atoms with Crippen molar-refractivity contribution < 1.29 is 0 Å². The van der Waals surface area contributed by atoms with Gasteiger partial charge in [0.1, 0.15) is 4.32 Å². The van der Waals surface area contributed by atoms with Crippen LogP contribution in [-0.4, -0.2) is 9.57 Å². The number of rotatable bonds is 8. The zero-order chi connectivity index (χ0) is 10.8. The summed E-state index contributed by atoms with van der Waals surface area (Å²) in [6.45, 7) is 4.47. The summed E-state index contributed by atoms with van der Waals surface area (Å²) >= 11 is 6.64. The van der Waals surface area contributed by atoms with Crippen molar-refractivity contribution in [2.45, 2.75) is 64.0 Å². The SMILES string of the molecule is CCCCCC(CCCC)SC(N)=S. The van der Waals surface area contributed by atoms with Crippen LogP contribution >= 0.6 is 24.0 Å². The molecule has 1 unspecified atom stereocenters. The van der Waals surface area contributed by atoms with Crippen molar-refractivity contribution >= 4 is 28.3 Å². The van der Waals surface area contributed by atoms with E-state index in [0.29, 0.717) is 9.57 Å². The van der Waals surface area contributed by atoms with E-state index in [9.17, 15) is 0 Å². The van der Waals surface area contributed by atoms with Crippen LogP contribution in [0.3, 0.4) is 0 Å². The maximum Gasteiger partial charge on any atom is 0.131 e. The average Bonchev–Trinajstić information content (AvgIpc) is 2.13. The number of nitrogens with two attached hydrogens (primary N) is 1. The zero-order valence-corrected chi connectivity index (χ0v) is 11.1. The van der Waals surface area contributed by atoms with Gasteiger partial charge < -0.3 is 5.73 Å². The molecule has 0 saturated heterocycles. The molecule has 0 amide bonds. The van der Waals surface area contributed by atoms with Gasteiger partial charge in [-0.3, -0.25) is 0 Å². The zero-order valence-electron chi connectivity index (χ0n) is 9.42. The summed E-state index contributed by atoms with van der Waals surface area (Å²) in [6, 6.07) is 0. The molecule has 0 spiro atoms. The van der Waals surface area contributed by atoms with Crippen molar-refractivity contribution in [2.75, 3.05) is 0 Å². The largest absolute Gasteiger partial charge is 0.385 e. The standard InChI is InChI=1S/C11H23NS2/c1-3-5-7-9-10(8-6-4-2)14-11(12)13/h10H,3-9H2,1-2H3,(H2,12,13). The van der Waals surface area contributed by atoms with E-state index in [2.05, 4.69) is 13.8 Å². The minimum Gasteiger partial charge on any atom is -0.385 e. The van der Waals surface area contributed by atoms with Gasteiger partial charge in [-0.15, -0.1) is 0 Å². The maximum atomic E-state index is 5.56. The molecule has 2 N–H and O–H groups in total. The highest BCUT2D eigenvalue weighted by molar-refractivity contribution is 8.23. The molecule has 3 heteroatoms. The lowest BCUT2D eigenvalue weighted by molar-refractivity contribution is 0.598. The number of hydrogen-bond donors (Lipinski definition) is 1. The first kappa shape index (κ1) is 14.2. The molecule has 0 aliphatic carbocycles. The lowest BCUT2D eigenvalue weighted by atomic mass is 10.1. The normalized spacial score (nSPS) is 12.7. The first-order valence-corrected chi connectivity index (χ1v) is 6.95. The Hall–Kier alpha value is 0.240.